The SMILES string of the molecule is CNC[C@@H](C(=O)O)[C@@H](CC(C)C)C(=O)N1CCCCC1. The van der Waals surface area contributed by atoms with Crippen LogP contribution in [0.3, 0.4) is 0 Å². The molecule has 0 unspecified atom stereocenters. The monoisotopic (exact) mass is 284 g/mol. The van der Waals surface area contributed by atoms with E-state index in [0.29, 0.717) is 18.9 Å². The van der Waals surface area contributed by atoms with Crippen LogP contribution >= 0.6 is 0 Å². The van der Waals surface area contributed by atoms with Crippen LogP contribution in [0.15, 0.2) is 0 Å². The van der Waals surface area contributed by atoms with Gasteiger partial charge < -0.3 is 15.3 Å². The summed E-state index contributed by atoms with van der Waals surface area (Å²) in [7, 11) is 1.73. The van der Waals surface area contributed by atoms with E-state index in [4.69, 9.17) is 0 Å². The minimum atomic E-state index is -0.879. The van der Waals surface area contributed by atoms with Crippen LogP contribution in [0.25, 0.3) is 0 Å². The number of likely N-dealkylation sites (tertiary alicyclic amines) is 1. The molecule has 0 bridgehead atoms. The van der Waals surface area contributed by atoms with Gasteiger partial charge in [-0.05, 0) is 38.6 Å². The largest absolute Gasteiger partial charge is 0.481 e. The fraction of sp³-hybridized carbons (Fsp3) is 0.867. The summed E-state index contributed by atoms with van der Waals surface area (Å²) in [5, 5.41) is 12.3. The van der Waals surface area contributed by atoms with Gasteiger partial charge in [-0.1, -0.05) is 13.8 Å². The highest BCUT2D eigenvalue weighted by Crippen LogP contribution is 2.25. The molecular formula is C15H28N2O3. The molecule has 116 valence electrons. The Morgan fingerprint density at radius 1 is 1.15 bits per heavy atom. The number of aliphatic carboxylic acids is 1. The molecule has 1 saturated heterocycles. The lowest BCUT2D eigenvalue weighted by molar-refractivity contribution is -0.151. The molecule has 20 heavy (non-hydrogen) atoms. The Kier molecular flexibility index (Phi) is 6.99. The molecule has 1 aliphatic rings. The van der Waals surface area contributed by atoms with E-state index >= 15 is 0 Å². The predicted molar refractivity (Wildman–Crippen MR) is 78.4 cm³/mol. The molecule has 2 atom stereocenters. The Morgan fingerprint density at radius 3 is 2.20 bits per heavy atom. The van der Waals surface area contributed by atoms with Gasteiger partial charge in [0.05, 0.1) is 11.8 Å². The molecule has 0 saturated carbocycles. The number of amides is 1. The number of carbonyl (C=O) groups excluding carboxylic acids is 1. The molecule has 0 aromatic heterocycles. The van der Waals surface area contributed by atoms with E-state index in [1.54, 1.807) is 7.05 Å². The first-order valence-electron chi connectivity index (χ1n) is 7.63. The zero-order valence-corrected chi connectivity index (χ0v) is 12.9. The Labute approximate surface area is 121 Å². The van der Waals surface area contributed by atoms with E-state index in [2.05, 4.69) is 5.32 Å². The molecule has 0 radical (unpaired) electrons. The number of rotatable bonds is 7. The van der Waals surface area contributed by atoms with Crippen molar-refractivity contribution >= 4 is 11.9 Å². The van der Waals surface area contributed by atoms with E-state index in [0.717, 1.165) is 32.4 Å². The highest BCUT2D eigenvalue weighted by atomic mass is 16.4. The summed E-state index contributed by atoms with van der Waals surface area (Å²) in [5.74, 6) is -1.60. The van der Waals surface area contributed by atoms with E-state index in [1.807, 2.05) is 18.7 Å². The van der Waals surface area contributed by atoms with Crippen LogP contribution in [-0.4, -0.2) is 48.6 Å². The number of carbonyl (C=O) groups is 2. The number of nitrogens with zero attached hydrogens (tertiary/aromatic N) is 1. The summed E-state index contributed by atoms with van der Waals surface area (Å²) in [6.07, 6.45) is 3.86. The molecule has 1 fully saturated rings. The Hall–Kier alpha value is -1.10. The standard InChI is InChI=1S/C15H28N2O3/c1-11(2)9-12(13(10-16-3)15(19)20)14(18)17-7-5-4-6-8-17/h11-13,16H,4-10H2,1-3H3,(H,19,20)/t12-,13-/m1/s1. The normalized spacial score (nSPS) is 18.9. The molecular weight excluding hydrogens is 256 g/mol. The lowest BCUT2D eigenvalue weighted by Gasteiger charge is -2.33. The first-order chi connectivity index (χ1) is 9.47. The Morgan fingerprint density at radius 2 is 1.75 bits per heavy atom. The van der Waals surface area contributed by atoms with E-state index in [1.165, 1.54) is 0 Å². The zero-order chi connectivity index (χ0) is 15.1. The number of hydrogen-bond acceptors (Lipinski definition) is 3. The zero-order valence-electron chi connectivity index (χ0n) is 12.9. The molecule has 1 aliphatic heterocycles. The second-order valence-electron chi connectivity index (χ2n) is 6.12. The van der Waals surface area contributed by atoms with Crippen molar-refractivity contribution in [2.24, 2.45) is 17.8 Å². The van der Waals surface area contributed by atoms with E-state index in [9.17, 15) is 14.7 Å². The van der Waals surface area contributed by atoms with Gasteiger partial charge in [0.25, 0.3) is 0 Å². The average Bonchev–Trinajstić information content (AvgIpc) is 2.42. The minimum absolute atomic E-state index is 0.0288. The van der Waals surface area contributed by atoms with Crippen molar-refractivity contribution in [2.75, 3.05) is 26.7 Å². The van der Waals surface area contributed by atoms with Crippen molar-refractivity contribution in [3.63, 3.8) is 0 Å². The Balaban J connectivity index is 2.84. The van der Waals surface area contributed by atoms with Gasteiger partial charge >= 0.3 is 5.97 Å². The fourth-order valence-corrected chi connectivity index (χ4v) is 2.92. The van der Waals surface area contributed by atoms with Gasteiger partial charge in [-0.25, -0.2) is 0 Å². The first kappa shape index (κ1) is 17.0. The average molecular weight is 284 g/mol. The Bertz CT molecular complexity index is 325. The fourth-order valence-electron chi connectivity index (χ4n) is 2.92. The molecule has 5 heteroatoms. The van der Waals surface area contributed by atoms with Gasteiger partial charge in [-0.3, -0.25) is 9.59 Å². The number of carboxylic acid groups (broad SMARTS) is 1. The van der Waals surface area contributed by atoms with Gasteiger partial charge in [0.1, 0.15) is 0 Å². The van der Waals surface area contributed by atoms with Crippen LogP contribution in [0.4, 0.5) is 0 Å². The quantitative estimate of drug-likeness (QED) is 0.745. The van der Waals surface area contributed by atoms with Crippen molar-refractivity contribution < 1.29 is 14.7 Å². The van der Waals surface area contributed by atoms with Crippen molar-refractivity contribution in [2.45, 2.75) is 39.5 Å². The number of piperidine rings is 1. The third-order valence-electron chi connectivity index (χ3n) is 3.94. The molecule has 2 N–H and O–H groups in total. The van der Waals surface area contributed by atoms with Crippen molar-refractivity contribution in [3.8, 4) is 0 Å². The molecule has 1 rings (SSSR count). The summed E-state index contributed by atoms with van der Waals surface area (Å²) in [6, 6.07) is 0. The van der Waals surface area contributed by atoms with Gasteiger partial charge in [-0.2, -0.15) is 0 Å². The highest BCUT2D eigenvalue weighted by molar-refractivity contribution is 5.85. The van der Waals surface area contributed by atoms with Crippen LogP contribution in [0.1, 0.15) is 39.5 Å². The maximum absolute atomic E-state index is 12.7. The van der Waals surface area contributed by atoms with Gasteiger partial charge in [0.2, 0.25) is 5.91 Å². The molecule has 0 aromatic carbocycles. The van der Waals surface area contributed by atoms with Crippen LogP contribution in [0.5, 0.6) is 0 Å². The molecule has 0 spiro atoms. The van der Waals surface area contributed by atoms with Crippen molar-refractivity contribution in [3.05, 3.63) is 0 Å². The molecule has 0 aliphatic carbocycles. The molecule has 5 nitrogen and oxygen atoms in total. The molecule has 1 amide bonds. The molecule has 1 heterocycles. The summed E-state index contributed by atoms with van der Waals surface area (Å²) in [5.41, 5.74) is 0. The third kappa shape index (κ3) is 4.78. The summed E-state index contributed by atoms with van der Waals surface area (Å²) < 4.78 is 0. The maximum Gasteiger partial charge on any atom is 0.308 e. The minimum Gasteiger partial charge on any atom is -0.481 e. The van der Waals surface area contributed by atoms with Crippen LogP contribution in [0.2, 0.25) is 0 Å². The lowest BCUT2D eigenvalue weighted by Crippen LogP contribution is -2.46. The first-order valence-corrected chi connectivity index (χ1v) is 7.63. The summed E-state index contributed by atoms with van der Waals surface area (Å²) in [4.78, 5) is 26.0. The third-order valence-corrected chi connectivity index (χ3v) is 3.94. The van der Waals surface area contributed by atoms with Gasteiger partial charge in [0, 0.05) is 19.6 Å². The van der Waals surface area contributed by atoms with Crippen LogP contribution in [-0.2, 0) is 9.59 Å². The summed E-state index contributed by atoms with van der Waals surface area (Å²) >= 11 is 0. The van der Waals surface area contributed by atoms with Crippen molar-refractivity contribution in [1.29, 1.82) is 0 Å². The topological polar surface area (TPSA) is 69.6 Å². The second-order valence-corrected chi connectivity index (χ2v) is 6.12. The van der Waals surface area contributed by atoms with E-state index in [-0.39, 0.29) is 5.91 Å². The number of carboxylic acids is 1. The van der Waals surface area contributed by atoms with E-state index < -0.39 is 17.8 Å². The predicted octanol–water partition coefficient (Wildman–Crippen LogP) is 1.58. The van der Waals surface area contributed by atoms with Gasteiger partial charge in [-0.15, -0.1) is 0 Å². The van der Waals surface area contributed by atoms with Crippen LogP contribution in [0, 0.1) is 17.8 Å². The molecule has 0 aromatic rings. The second kappa shape index (κ2) is 8.25. The number of nitrogens with one attached hydrogen (secondary N) is 1. The highest BCUT2D eigenvalue weighted by Gasteiger charge is 2.36. The van der Waals surface area contributed by atoms with Crippen LogP contribution < -0.4 is 5.32 Å². The van der Waals surface area contributed by atoms with Gasteiger partial charge in [0.15, 0.2) is 0 Å². The van der Waals surface area contributed by atoms with Crippen molar-refractivity contribution in [1.82, 2.24) is 10.2 Å². The maximum atomic E-state index is 12.7. The number of hydrogen-bond donors (Lipinski definition) is 2. The smallest absolute Gasteiger partial charge is 0.308 e. The lowest BCUT2D eigenvalue weighted by atomic mass is 9.83. The summed E-state index contributed by atoms with van der Waals surface area (Å²) in [6.45, 7) is 5.97.